The predicted molar refractivity (Wildman–Crippen MR) is 65.2 cm³/mol. The van der Waals surface area contributed by atoms with Gasteiger partial charge < -0.3 is 5.11 Å². The van der Waals surface area contributed by atoms with Gasteiger partial charge in [0, 0.05) is 4.88 Å². The van der Waals surface area contributed by atoms with Crippen molar-refractivity contribution in [1.82, 2.24) is 0 Å². The van der Waals surface area contributed by atoms with Crippen molar-refractivity contribution in [2.75, 3.05) is 0 Å². The average Bonchev–Trinajstić information content (AvgIpc) is 2.64. The molecule has 1 N–H and O–H groups in total. The van der Waals surface area contributed by atoms with Crippen molar-refractivity contribution in [3.8, 4) is 0 Å². The molecule has 2 rings (SSSR count). The summed E-state index contributed by atoms with van der Waals surface area (Å²) in [6.45, 7) is 4.34. The maximum absolute atomic E-state index is 10.5. The molecule has 1 atom stereocenters. The van der Waals surface area contributed by atoms with Crippen LogP contribution in [0.5, 0.6) is 0 Å². The molecule has 84 valence electrons. The maximum Gasteiger partial charge on any atom is 0.0937 e. The van der Waals surface area contributed by atoms with Crippen molar-refractivity contribution < 1.29 is 5.11 Å². The van der Waals surface area contributed by atoms with Crippen LogP contribution in [0.25, 0.3) is 0 Å². The Kier molecular flexibility index (Phi) is 3.17. The first kappa shape index (κ1) is 11.2. The monoisotopic (exact) mass is 224 g/mol. The van der Waals surface area contributed by atoms with Crippen molar-refractivity contribution in [3.05, 3.63) is 21.9 Å². The number of thiophene rings is 1. The maximum atomic E-state index is 10.5. The van der Waals surface area contributed by atoms with E-state index in [2.05, 4.69) is 25.3 Å². The molecule has 0 radical (unpaired) electrons. The minimum Gasteiger partial charge on any atom is -0.387 e. The van der Waals surface area contributed by atoms with Gasteiger partial charge in [0.05, 0.1) is 6.10 Å². The van der Waals surface area contributed by atoms with E-state index in [1.165, 1.54) is 42.5 Å². The third-order valence-corrected chi connectivity index (χ3v) is 4.88. The second kappa shape index (κ2) is 4.26. The fraction of sp³-hybridized carbons (Fsp3) is 0.692. The van der Waals surface area contributed by atoms with Crippen LogP contribution < -0.4 is 0 Å². The molecule has 0 spiro atoms. The van der Waals surface area contributed by atoms with Gasteiger partial charge in [0.25, 0.3) is 0 Å². The molecule has 1 unspecified atom stereocenters. The zero-order chi connectivity index (χ0) is 10.9. The Morgan fingerprint density at radius 2 is 2.00 bits per heavy atom. The molecular formula is C13H20OS. The molecule has 1 saturated carbocycles. The zero-order valence-electron chi connectivity index (χ0n) is 9.62. The van der Waals surface area contributed by atoms with Crippen LogP contribution in [0, 0.1) is 12.3 Å². The Morgan fingerprint density at radius 1 is 1.33 bits per heavy atom. The number of aliphatic hydroxyl groups is 1. The Labute approximate surface area is 96.1 Å². The summed E-state index contributed by atoms with van der Waals surface area (Å²) >= 11 is 1.70. The van der Waals surface area contributed by atoms with E-state index in [4.69, 9.17) is 0 Å². The summed E-state index contributed by atoms with van der Waals surface area (Å²) in [5.74, 6) is 0. The first-order chi connectivity index (χ1) is 7.13. The van der Waals surface area contributed by atoms with E-state index in [0.717, 1.165) is 0 Å². The quantitative estimate of drug-likeness (QED) is 0.803. The molecule has 0 saturated heterocycles. The Balaban J connectivity index is 2.19. The summed E-state index contributed by atoms with van der Waals surface area (Å²) in [5.41, 5.74) is 1.37. The topological polar surface area (TPSA) is 20.2 Å². The van der Waals surface area contributed by atoms with Crippen LogP contribution in [0.15, 0.2) is 11.4 Å². The summed E-state index contributed by atoms with van der Waals surface area (Å²) in [4.78, 5) is 1.18. The van der Waals surface area contributed by atoms with Gasteiger partial charge >= 0.3 is 0 Å². The molecule has 2 heteroatoms. The van der Waals surface area contributed by atoms with Gasteiger partial charge in [0.15, 0.2) is 0 Å². The number of rotatable bonds is 2. The van der Waals surface area contributed by atoms with Crippen LogP contribution in [-0.4, -0.2) is 5.11 Å². The predicted octanol–water partition coefficient (Wildman–Crippen LogP) is 4.06. The van der Waals surface area contributed by atoms with Crippen LogP contribution in [0.1, 0.15) is 55.6 Å². The molecule has 0 amide bonds. The molecule has 0 aliphatic heterocycles. The van der Waals surface area contributed by atoms with Crippen molar-refractivity contribution in [2.24, 2.45) is 5.41 Å². The first-order valence-corrected chi connectivity index (χ1v) is 6.73. The Bertz CT molecular complexity index is 323. The summed E-state index contributed by atoms with van der Waals surface area (Å²) in [6.07, 6.45) is 5.98. The lowest BCUT2D eigenvalue weighted by Gasteiger charge is -2.37. The van der Waals surface area contributed by atoms with Crippen molar-refractivity contribution >= 4 is 11.3 Å². The summed E-state index contributed by atoms with van der Waals surface area (Å²) in [7, 11) is 0. The lowest BCUT2D eigenvalue weighted by Crippen LogP contribution is -2.28. The first-order valence-electron chi connectivity index (χ1n) is 5.85. The summed E-state index contributed by atoms with van der Waals surface area (Å²) < 4.78 is 0. The van der Waals surface area contributed by atoms with Crippen LogP contribution in [0.3, 0.4) is 0 Å². The molecule has 1 aliphatic carbocycles. The molecular weight excluding hydrogens is 204 g/mol. The largest absolute Gasteiger partial charge is 0.387 e. The number of aryl methyl sites for hydroxylation is 1. The van der Waals surface area contributed by atoms with Gasteiger partial charge in [-0.25, -0.2) is 0 Å². The van der Waals surface area contributed by atoms with Gasteiger partial charge in [-0.15, -0.1) is 11.3 Å². The highest BCUT2D eigenvalue weighted by Crippen LogP contribution is 2.47. The standard InChI is InChI=1S/C13H20OS/c1-10-6-9-15-11(10)12(14)13(2)7-4-3-5-8-13/h6,9,12,14H,3-5,7-8H2,1-2H3. The molecule has 0 bridgehead atoms. The Hall–Kier alpha value is -0.340. The highest BCUT2D eigenvalue weighted by atomic mass is 32.1. The van der Waals surface area contributed by atoms with Crippen LogP contribution in [0.2, 0.25) is 0 Å². The second-order valence-corrected chi connectivity index (χ2v) is 6.03. The summed E-state index contributed by atoms with van der Waals surface area (Å²) in [5, 5.41) is 12.6. The van der Waals surface area contributed by atoms with Gasteiger partial charge in [-0.2, -0.15) is 0 Å². The van der Waals surface area contributed by atoms with E-state index >= 15 is 0 Å². The Morgan fingerprint density at radius 3 is 2.53 bits per heavy atom. The minimum atomic E-state index is -0.252. The average molecular weight is 224 g/mol. The lowest BCUT2D eigenvalue weighted by molar-refractivity contribution is 0.0103. The van der Waals surface area contributed by atoms with Gasteiger partial charge in [0.1, 0.15) is 0 Å². The lowest BCUT2D eigenvalue weighted by atomic mass is 9.71. The smallest absolute Gasteiger partial charge is 0.0937 e. The summed E-state index contributed by atoms with van der Waals surface area (Å²) in [6, 6.07) is 2.11. The molecule has 15 heavy (non-hydrogen) atoms. The molecule has 1 aromatic heterocycles. The molecule has 0 aromatic carbocycles. The number of hydrogen-bond donors (Lipinski definition) is 1. The van der Waals surface area contributed by atoms with Crippen LogP contribution in [-0.2, 0) is 0 Å². The molecule has 1 aromatic rings. The zero-order valence-corrected chi connectivity index (χ0v) is 10.4. The van der Waals surface area contributed by atoms with Crippen molar-refractivity contribution in [1.29, 1.82) is 0 Å². The van der Waals surface area contributed by atoms with Gasteiger partial charge in [-0.3, -0.25) is 0 Å². The van der Waals surface area contributed by atoms with E-state index < -0.39 is 0 Å². The van der Waals surface area contributed by atoms with Crippen LogP contribution >= 0.6 is 11.3 Å². The third-order valence-electron chi connectivity index (χ3n) is 3.81. The minimum absolute atomic E-state index is 0.119. The highest BCUT2D eigenvalue weighted by Gasteiger charge is 2.36. The van der Waals surface area contributed by atoms with E-state index in [9.17, 15) is 5.11 Å². The fourth-order valence-corrected chi connectivity index (χ4v) is 3.70. The van der Waals surface area contributed by atoms with Crippen molar-refractivity contribution in [2.45, 2.75) is 52.1 Å². The third kappa shape index (κ3) is 2.11. The van der Waals surface area contributed by atoms with E-state index in [0.29, 0.717) is 0 Å². The number of hydrogen-bond acceptors (Lipinski definition) is 2. The van der Waals surface area contributed by atoms with E-state index in [1.54, 1.807) is 11.3 Å². The van der Waals surface area contributed by atoms with Crippen LogP contribution in [0.4, 0.5) is 0 Å². The number of aliphatic hydroxyl groups excluding tert-OH is 1. The van der Waals surface area contributed by atoms with Gasteiger partial charge in [0.2, 0.25) is 0 Å². The normalized spacial score (nSPS) is 22.6. The molecule has 1 nitrogen and oxygen atoms in total. The second-order valence-electron chi connectivity index (χ2n) is 5.09. The molecule has 1 heterocycles. The van der Waals surface area contributed by atoms with Crippen molar-refractivity contribution in [3.63, 3.8) is 0 Å². The van der Waals surface area contributed by atoms with Gasteiger partial charge in [-0.1, -0.05) is 26.2 Å². The van der Waals surface area contributed by atoms with E-state index in [-0.39, 0.29) is 11.5 Å². The molecule has 1 fully saturated rings. The SMILES string of the molecule is Cc1ccsc1C(O)C1(C)CCCCC1. The van der Waals surface area contributed by atoms with E-state index in [1.807, 2.05) is 0 Å². The fourth-order valence-electron chi connectivity index (χ4n) is 2.61. The van der Waals surface area contributed by atoms with Gasteiger partial charge in [-0.05, 0) is 42.2 Å². The molecule has 1 aliphatic rings. The highest BCUT2D eigenvalue weighted by molar-refractivity contribution is 7.10.